The van der Waals surface area contributed by atoms with Crippen LogP contribution in [0, 0.1) is 0 Å². The number of esters is 1. The number of ether oxygens (including phenoxy) is 1. The molecule has 1 aliphatic heterocycles. The first-order chi connectivity index (χ1) is 15.9. The van der Waals surface area contributed by atoms with Crippen LogP contribution in [-0.4, -0.2) is 49.9 Å². The van der Waals surface area contributed by atoms with E-state index >= 15 is 0 Å². The predicted molar refractivity (Wildman–Crippen MR) is 131 cm³/mol. The van der Waals surface area contributed by atoms with Crippen molar-refractivity contribution in [2.75, 3.05) is 31.1 Å². The van der Waals surface area contributed by atoms with Gasteiger partial charge in [0.2, 0.25) is 10.0 Å². The molecule has 0 radical (unpaired) electrons. The van der Waals surface area contributed by atoms with Crippen LogP contribution in [0.2, 0.25) is 0 Å². The van der Waals surface area contributed by atoms with E-state index in [0.717, 1.165) is 48.3 Å². The first-order valence-electron chi connectivity index (χ1n) is 11.3. The van der Waals surface area contributed by atoms with Gasteiger partial charge in [-0.1, -0.05) is 26.0 Å². The smallest absolute Gasteiger partial charge is 0.340 e. The Labute approximate surface area is 199 Å². The van der Waals surface area contributed by atoms with E-state index in [-0.39, 0.29) is 17.1 Å². The maximum atomic E-state index is 13.2. The van der Waals surface area contributed by atoms with Crippen molar-refractivity contribution < 1.29 is 17.9 Å². The minimum absolute atomic E-state index is 0.0463. The fourth-order valence-electron chi connectivity index (χ4n) is 4.15. The fourth-order valence-corrected chi connectivity index (χ4v) is 6.51. The molecule has 0 unspecified atom stereocenters. The average Bonchev–Trinajstić information content (AvgIpc) is 3.26. The predicted octanol–water partition coefficient (Wildman–Crippen LogP) is 4.67. The second kappa shape index (κ2) is 10.2. The van der Waals surface area contributed by atoms with Gasteiger partial charge in [-0.15, -0.1) is 11.3 Å². The molecule has 2 aromatic carbocycles. The first-order valence-corrected chi connectivity index (χ1v) is 13.6. The van der Waals surface area contributed by atoms with Gasteiger partial charge in [-0.2, -0.15) is 4.31 Å². The first kappa shape index (κ1) is 23.7. The number of rotatable bonds is 8. The van der Waals surface area contributed by atoms with Crippen LogP contribution in [0.3, 0.4) is 0 Å². The molecule has 0 aliphatic carbocycles. The van der Waals surface area contributed by atoms with Gasteiger partial charge in [-0.25, -0.2) is 18.2 Å². The second-order valence-electron chi connectivity index (χ2n) is 7.97. The molecule has 7 nitrogen and oxygen atoms in total. The normalized spacial score (nSPS) is 14.7. The minimum Gasteiger partial charge on any atom is -0.455 e. The van der Waals surface area contributed by atoms with Gasteiger partial charge in [0.1, 0.15) is 11.6 Å². The van der Waals surface area contributed by atoms with Crippen LogP contribution >= 0.6 is 11.3 Å². The minimum atomic E-state index is -3.69. The standard InChI is InChI=1S/C24H29N3O4S2/c1-3-27(4-2)33(29,30)18-12-13-21(26-14-8-5-9-15-26)19(16-18)24(28)31-17-23-25-20-10-6-7-11-22(20)32-23/h6-7,10-13,16H,3-5,8-9,14-15,17H2,1-2H3. The van der Waals surface area contributed by atoms with Gasteiger partial charge in [-0.3, -0.25) is 0 Å². The highest BCUT2D eigenvalue weighted by molar-refractivity contribution is 7.89. The number of carbonyl (C=O) groups excluding carboxylic acids is 1. The summed E-state index contributed by atoms with van der Waals surface area (Å²) in [6.07, 6.45) is 3.24. The Bertz CT molecular complexity index is 1200. The quantitative estimate of drug-likeness (QED) is 0.430. The molecule has 3 aromatic rings. The molecule has 0 N–H and O–H groups in total. The van der Waals surface area contributed by atoms with Gasteiger partial charge < -0.3 is 9.64 Å². The third-order valence-electron chi connectivity index (χ3n) is 5.89. The van der Waals surface area contributed by atoms with Gasteiger partial charge in [0.05, 0.1) is 26.4 Å². The Morgan fingerprint density at radius 3 is 2.52 bits per heavy atom. The Hall–Kier alpha value is -2.49. The number of sulfonamides is 1. The molecule has 33 heavy (non-hydrogen) atoms. The number of piperidine rings is 1. The summed E-state index contributed by atoms with van der Waals surface area (Å²) >= 11 is 1.48. The Morgan fingerprint density at radius 1 is 1.09 bits per heavy atom. The van der Waals surface area contributed by atoms with Crippen molar-refractivity contribution in [1.29, 1.82) is 0 Å². The van der Waals surface area contributed by atoms with Gasteiger partial charge in [-0.05, 0) is 49.6 Å². The molecule has 0 bridgehead atoms. The molecule has 1 saturated heterocycles. The average molecular weight is 488 g/mol. The summed E-state index contributed by atoms with van der Waals surface area (Å²) in [5.74, 6) is -0.536. The molecule has 1 fully saturated rings. The Kier molecular flexibility index (Phi) is 7.31. The third kappa shape index (κ3) is 5.05. The van der Waals surface area contributed by atoms with Crippen LogP contribution in [0.5, 0.6) is 0 Å². The number of hydrogen-bond acceptors (Lipinski definition) is 7. The van der Waals surface area contributed by atoms with Gasteiger partial charge in [0.25, 0.3) is 0 Å². The van der Waals surface area contributed by atoms with E-state index in [4.69, 9.17) is 4.74 Å². The van der Waals surface area contributed by atoms with E-state index in [1.54, 1.807) is 26.0 Å². The van der Waals surface area contributed by atoms with E-state index in [1.807, 2.05) is 24.3 Å². The SMILES string of the molecule is CCN(CC)S(=O)(=O)c1ccc(N2CCCCC2)c(C(=O)OCc2nc3ccccc3s2)c1. The molecule has 9 heteroatoms. The molecule has 2 heterocycles. The van der Waals surface area contributed by atoms with Crippen molar-refractivity contribution in [1.82, 2.24) is 9.29 Å². The van der Waals surface area contributed by atoms with Crippen LogP contribution in [0.25, 0.3) is 10.2 Å². The number of carbonyl (C=O) groups is 1. The number of fused-ring (bicyclic) bond motifs is 1. The molecule has 176 valence electrons. The molecule has 0 atom stereocenters. The molecular weight excluding hydrogens is 458 g/mol. The topological polar surface area (TPSA) is 79.8 Å². The van der Waals surface area contributed by atoms with Gasteiger partial charge in [0.15, 0.2) is 0 Å². The highest BCUT2D eigenvalue weighted by Crippen LogP contribution is 2.29. The zero-order valence-corrected chi connectivity index (χ0v) is 20.6. The van der Waals surface area contributed by atoms with Crippen LogP contribution in [0.15, 0.2) is 47.4 Å². The zero-order chi connectivity index (χ0) is 23.4. The summed E-state index contributed by atoms with van der Waals surface area (Å²) in [6.45, 7) is 6.05. The number of anilines is 1. The van der Waals surface area contributed by atoms with E-state index in [2.05, 4.69) is 9.88 Å². The Balaban J connectivity index is 1.64. The van der Waals surface area contributed by atoms with Gasteiger partial charge in [0, 0.05) is 26.2 Å². The highest BCUT2D eigenvalue weighted by Gasteiger charge is 2.27. The van der Waals surface area contributed by atoms with Crippen molar-refractivity contribution >= 4 is 43.2 Å². The number of benzene rings is 2. The number of hydrogen-bond donors (Lipinski definition) is 0. The number of para-hydroxylation sites is 1. The number of thiazole rings is 1. The van der Waals surface area contributed by atoms with Crippen molar-refractivity contribution in [3.05, 3.63) is 53.0 Å². The largest absolute Gasteiger partial charge is 0.455 e. The van der Waals surface area contributed by atoms with Gasteiger partial charge >= 0.3 is 5.97 Å². The lowest BCUT2D eigenvalue weighted by Crippen LogP contribution is -2.32. The molecule has 0 amide bonds. The zero-order valence-electron chi connectivity index (χ0n) is 19.0. The summed E-state index contributed by atoms with van der Waals surface area (Å²) in [6, 6.07) is 12.6. The summed E-state index contributed by atoms with van der Waals surface area (Å²) in [4.78, 5) is 20.0. The van der Waals surface area contributed by atoms with Crippen LogP contribution in [0.1, 0.15) is 48.5 Å². The maximum absolute atomic E-state index is 13.2. The molecule has 0 saturated carbocycles. The van der Waals surface area contributed by atoms with E-state index < -0.39 is 16.0 Å². The molecule has 4 rings (SSSR count). The lowest BCUT2D eigenvalue weighted by atomic mass is 10.1. The highest BCUT2D eigenvalue weighted by atomic mass is 32.2. The van der Waals surface area contributed by atoms with Crippen LogP contribution < -0.4 is 4.90 Å². The Morgan fingerprint density at radius 2 is 1.82 bits per heavy atom. The van der Waals surface area contributed by atoms with Crippen LogP contribution in [0.4, 0.5) is 5.69 Å². The second-order valence-corrected chi connectivity index (χ2v) is 11.0. The number of nitrogens with zero attached hydrogens (tertiary/aromatic N) is 3. The number of aromatic nitrogens is 1. The van der Waals surface area contributed by atoms with Crippen LogP contribution in [-0.2, 0) is 21.4 Å². The summed E-state index contributed by atoms with van der Waals surface area (Å²) in [5.41, 5.74) is 1.88. The fraction of sp³-hybridized carbons (Fsp3) is 0.417. The van der Waals surface area contributed by atoms with E-state index in [9.17, 15) is 13.2 Å². The van der Waals surface area contributed by atoms with Crippen molar-refractivity contribution in [2.45, 2.75) is 44.6 Å². The maximum Gasteiger partial charge on any atom is 0.340 e. The van der Waals surface area contributed by atoms with E-state index in [0.29, 0.717) is 18.1 Å². The summed E-state index contributed by atoms with van der Waals surface area (Å²) in [5, 5.41) is 0.705. The lowest BCUT2D eigenvalue weighted by molar-refractivity contribution is 0.0473. The lowest BCUT2D eigenvalue weighted by Gasteiger charge is -2.30. The summed E-state index contributed by atoms with van der Waals surface area (Å²) < 4.78 is 34.2. The third-order valence-corrected chi connectivity index (χ3v) is 8.95. The molecular formula is C24H29N3O4S2. The monoisotopic (exact) mass is 487 g/mol. The van der Waals surface area contributed by atoms with Crippen molar-refractivity contribution in [3.8, 4) is 0 Å². The molecule has 1 aromatic heterocycles. The van der Waals surface area contributed by atoms with Crippen molar-refractivity contribution in [2.24, 2.45) is 0 Å². The summed E-state index contributed by atoms with van der Waals surface area (Å²) in [7, 11) is -3.69. The van der Waals surface area contributed by atoms with Crippen molar-refractivity contribution in [3.63, 3.8) is 0 Å². The van der Waals surface area contributed by atoms with E-state index in [1.165, 1.54) is 21.7 Å². The molecule has 1 aliphatic rings. The molecule has 0 spiro atoms.